The fourth-order valence-corrected chi connectivity index (χ4v) is 7.75. The monoisotopic (exact) mass is 714 g/mol. The molecule has 53 heavy (non-hydrogen) atoms. The predicted octanol–water partition coefficient (Wildman–Crippen LogP) is 12.2. The van der Waals surface area contributed by atoms with Crippen LogP contribution in [0.3, 0.4) is 0 Å². The van der Waals surface area contributed by atoms with Crippen LogP contribution in [0.25, 0.3) is 55.3 Å². The van der Waals surface area contributed by atoms with Gasteiger partial charge in [-0.15, -0.1) is 22.7 Å². The molecule has 0 unspecified atom stereocenters. The summed E-state index contributed by atoms with van der Waals surface area (Å²) in [5, 5.41) is 36.6. The van der Waals surface area contributed by atoms with Crippen LogP contribution in [0.1, 0.15) is 9.75 Å². The maximum atomic E-state index is 9.16. The van der Waals surface area contributed by atoms with Gasteiger partial charge < -0.3 is 4.90 Å². The van der Waals surface area contributed by atoms with Crippen LogP contribution in [-0.2, 0) is 0 Å². The van der Waals surface area contributed by atoms with Crippen molar-refractivity contribution in [3.8, 4) is 67.4 Å². The summed E-state index contributed by atoms with van der Waals surface area (Å²) in [6.07, 6.45) is 6.82. The lowest BCUT2D eigenvalue weighted by atomic mass is 10.0. The van der Waals surface area contributed by atoms with Gasteiger partial charge in [-0.1, -0.05) is 60.7 Å². The minimum Gasteiger partial charge on any atom is -0.311 e. The van der Waals surface area contributed by atoms with Gasteiger partial charge in [0.15, 0.2) is 0 Å². The van der Waals surface area contributed by atoms with Crippen LogP contribution in [0.4, 0.5) is 17.1 Å². The van der Waals surface area contributed by atoms with Crippen LogP contribution in [0.5, 0.6) is 0 Å². The molecule has 0 N–H and O–H groups in total. The van der Waals surface area contributed by atoms with E-state index in [1.807, 2.05) is 60.7 Å². The first-order valence-electron chi connectivity index (χ1n) is 16.4. The summed E-state index contributed by atoms with van der Waals surface area (Å²) in [5.74, 6) is 0. The van der Waals surface area contributed by atoms with Crippen LogP contribution in [0, 0.1) is 45.3 Å². The standard InChI is InChI=1S/C45H26N6S2/c46-27-31(28-47)25-42-17-19-44(52-42)37-7-13-40(14-8-37)51(41-15-9-38(10-16-41)45-20-18-43(53-45)26-32(29-48)30-49)39-11-5-35(6-12-39)33-1-3-34(4-2-33)36-21-23-50-24-22-36/h1-26H. The molecule has 8 heteroatoms. The van der Waals surface area contributed by atoms with Crippen LogP contribution in [0.15, 0.2) is 157 Å². The van der Waals surface area contributed by atoms with E-state index in [4.69, 9.17) is 21.0 Å². The van der Waals surface area contributed by atoms with Gasteiger partial charge in [0, 0.05) is 49.0 Å². The van der Waals surface area contributed by atoms with Gasteiger partial charge in [0.05, 0.1) is 0 Å². The minimum absolute atomic E-state index is 0.0758. The molecule has 7 rings (SSSR count). The second-order valence-corrected chi connectivity index (χ2v) is 14.0. The van der Waals surface area contributed by atoms with E-state index in [1.165, 1.54) is 22.7 Å². The highest BCUT2D eigenvalue weighted by atomic mass is 32.1. The summed E-state index contributed by atoms with van der Waals surface area (Å²) in [4.78, 5) is 10.1. The number of rotatable bonds is 9. The van der Waals surface area contributed by atoms with Crippen molar-refractivity contribution in [1.29, 1.82) is 21.0 Å². The molecule has 0 spiro atoms. The van der Waals surface area contributed by atoms with E-state index < -0.39 is 0 Å². The van der Waals surface area contributed by atoms with Crippen molar-refractivity contribution in [1.82, 2.24) is 4.98 Å². The van der Waals surface area contributed by atoms with Gasteiger partial charge in [-0.25, -0.2) is 0 Å². The van der Waals surface area contributed by atoms with Crippen molar-refractivity contribution in [2.45, 2.75) is 0 Å². The fraction of sp³-hybridized carbons (Fsp3) is 0. The van der Waals surface area contributed by atoms with E-state index in [9.17, 15) is 0 Å². The normalized spacial score (nSPS) is 10.2. The zero-order valence-electron chi connectivity index (χ0n) is 28.0. The maximum absolute atomic E-state index is 9.16. The number of hydrogen-bond donors (Lipinski definition) is 0. The van der Waals surface area contributed by atoms with Crippen LogP contribution < -0.4 is 4.90 Å². The van der Waals surface area contributed by atoms with Gasteiger partial charge in [0.25, 0.3) is 0 Å². The summed E-state index contributed by atoms with van der Waals surface area (Å²) in [6.45, 7) is 0. The van der Waals surface area contributed by atoms with E-state index in [-0.39, 0.29) is 11.1 Å². The third-order valence-corrected chi connectivity index (χ3v) is 10.6. The fourth-order valence-electron chi connectivity index (χ4n) is 5.83. The Morgan fingerprint density at radius 3 is 1.09 bits per heavy atom. The zero-order chi connectivity index (χ0) is 36.6. The molecule has 0 saturated heterocycles. The molecule has 0 aliphatic rings. The van der Waals surface area contributed by atoms with Gasteiger partial charge in [-0.2, -0.15) is 21.0 Å². The number of pyridine rings is 1. The van der Waals surface area contributed by atoms with Crippen LogP contribution >= 0.6 is 22.7 Å². The molecule has 0 bridgehead atoms. The van der Waals surface area contributed by atoms with Gasteiger partial charge in [0.2, 0.25) is 0 Å². The number of hydrogen-bond acceptors (Lipinski definition) is 8. The summed E-state index contributed by atoms with van der Waals surface area (Å²) in [5.41, 5.74) is 9.67. The summed E-state index contributed by atoms with van der Waals surface area (Å²) < 4.78 is 0. The lowest BCUT2D eigenvalue weighted by Gasteiger charge is -2.26. The summed E-state index contributed by atoms with van der Waals surface area (Å²) in [7, 11) is 0. The largest absolute Gasteiger partial charge is 0.311 e. The van der Waals surface area contributed by atoms with Crippen LogP contribution in [-0.4, -0.2) is 4.98 Å². The average molecular weight is 715 g/mol. The van der Waals surface area contributed by atoms with Crippen molar-refractivity contribution in [3.05, 3.63) is 167 Å². The average Bonchev–Trinajstić information content (AvgIpc) is 3.90. The molecule has 0 aliphatic carbocycles. The number of aromatic nitrogens is 1. The van der Waals surface area contributed by atoms with Crippen LogP contribution in [0.2, 0.25) is 0 Å². The third kappa shape index (κ3) is 7.72. The molecule has 0 amide bonds. The molecule has 4 aromatic carbocycles. The van der Waals surface area contributed by atoms with E-state index in [0.717, 1.165) is 70.0 Å². The number of nitrogens with zero attached hydrogens (tertiary/aromatic N) is 6. The van der Waals surface area contributed by atoms with E-state index in [1.54, 1.807) is 24.5 Å². The Labute approximate surface area is 315 Å². The number of anilines is 3. The first kappa shape index (κ1) is 34.1. The Bertz CT molecular complexity index is 2470. The van der Waals surface area contributed by atoms with E-state index in [0.29, 0.717) is 0 Å². The number of thiophene rings is 2. The maximum Gasteiger partial charge on any atom is 0.131 e. The van der Waals surface area contributed by atoms with Crippen molar-refractivity contribution < 1.29 is 0 Å². The topological polar surface area (TPSA) is 111 Å². The second-order valence-electron chi connectivity index (χ2n) is 11.8. The smallest absolute Gasteiger partial charge is 0.131 e. The minimum atomic E-state index is 0.0758. The number of nitriles is 4. The molecule has 0 radical (unpaired) electrons. The van der Waals surface area contributed by atoms with E-state index >= 15 is 0 Å². The van der Waals surface area contributed by atoms with E-state index in [2.05, 4.69) is 107 Å². The third-order valence-electron chi connectivity index (χ3n) is 8.49. The molecule has 0 aliphatic heterocycles. The summed E-state index contributed by atoms with van der Waals surface area (Å²) in [6, 6.07) is 53.4. The van der Waals surface area contributed by atoms with Crippen molar-refractivity contribution in [2.24, 2.45) is 0 Å². The Morgan fingerprint density at radius 2 is 0.736 bits per heavy atom. The Morgan fingerprint density at radius 1 is 0.415 bits per heavy atom. The molecule has 248 valence electrons. The quantitative estimate of drug-likeness (QED) is 0.138. The molecule has 3 heterocycles. The highest BCUT2D eigenvalue weighted by Gasteiger charge is 2.15. The Hall–Kier alpha value is -7.33. The Balaban J connectivity index is 1.20. The van der Waals surface area contributed by atoms with Gasteiger partial charge in [-0.3, -0.25) is 4.98 Å². The number of benzene rings is 4. The van der Waals surface area contributed by atoms with Gasteiger partial charge in [0.1, 0.15) is 35.4 Å². The lowest BCUT2D eigenvalue weighted by Crippen LogP contribution is -2.09. The molecule has 0 saturated carbocycles. The highest BCUT2D eigenvalue weighted by molar-refractivity contribution is 7.16. The van der Waals surface area contributed by atoms with Crippen molar-refractivity contribution in [3.63, 3.8) is 0 Å². The molecule has 7 aromatic rings. The molecule has 0 fully saturated rings. The zero-order valence-corrected chi connectivity index (χ0v) is 29.6. The first-order valence-corrected chi connectivity index (χ1v) is 18.0. The summed E-state index contributed by atoms with van der Waals surface area (Å²) >= 11 is 3.06. The lowest BCUT2D eigenvalue weighted by molar-refractivity contribution is 1.28. The van der Waals surface area contributed by atoms with Crippen molar-refractivity contribution >= 4 is 51.9 Å². The molecule has 0 atom stereocenters. The SMILES string of the molecule is N#CC(C#N)=Cc1ccc(-c2ccc(N(c3ccc(-c4ccc(-c5ccncc5)cc4)cc3)c3ccc(-c4ccc(C=C(C#N)C#N)s4)cc3)cc2)s1. The molecule has 6 nitrogen and oxygen atoms in total. The predicted molar refractivity (Wildman–Crippen MR) is 215 cm³/mol. The second kappa shape index (κ2) is 15.7. The molecule has 3 aromatic heterocycles. The van der Waals surface area contributed by atoms with Gasteiger partial charge in [-0.05, 0) is 118 Å². The number of allylic oxidation sites excluding steroid dienone is 2. The molecular weight excluding hydrogens is 689 g/mol. The Kier molecular flexibility index (Phi) is 10.1. The highest BCUT2D eigenvalue weighted by Crippen LogP contribution is 2.39. The van der Waals surface area contributed by atoms with Gasteiger partial charge >= 0.3 is 0 Å². The molecular formula is C45H26N6S2. The van der Waals surface area contributed by atoms with Crippen molar-refractivity contribution in [2.75, 3.05) is 4.90 Å². The first-order chi connectivity index (χ1) is 26.0.